The maximum atomic E-state index is 14.1. The minimum absolute atomic E-state index is 0. The van der Waals surface area contributed by atoms with Gasteiger partial charge in [-0.15, -0.1) is 12.4 Å². The van der Waals surface area contributed by atoms with Crippen LogP contribution in [0.2, 0.25) is 0 Å². The zero-order valence-corrected chi connectivity index (χ0v) is 25.7. The number of carbonyl (C=O) groups excluding carboxylic acids is 2. The van der Waals surface area contributed by atoms with Crippen LogP contribution >= 0.6 is 12.4 Å². The first-order valence-electron chi connectivity index (χ1n) is 14.6. The van der Waals surface area contributed by atoms with E-state index in [1.165, 1.54) is 0 Å². The van der Waals surface area contributed by atoms with Crippen LogP contribution in [0.25, 0.3) is 22.2 Å². The predicted molar refractivity (Wildman–Crippen MR) is 177 cm³/mol. The molecule has 0 radical (unpaired) electrons. The number of nitrogens with zero attached hydrogens (tertiary/aromatic N) is 4. The minimum atomic E-state index is -0.189. The summed E-state index contributed by atoms with van der Waals surface area (Å²) in [5.74, 6) is 1.42. The van der Waals surface area contributed by atoms with Gasteiger partial charge in [-0.1, -0.05) is 60.2 Å². The third-order valence-electron chi connectivity index (χ3n) is 7.92. The number of fused-ring (bicyclic) bond motifs is 1. The summed E-state index contributed by atoms with van der Waals surface area (Å²) < 4.78 is 7.77. The van der Waals surface area contributed by atoms with Gasteiger partial charge in [-0.3, -0.25) is 9.59 Å². The highest BCUT2D eigenvalue weighted by Crippen LogP contribution is 2.35. The van der Waals surface area contributed by atoms with Gasteiger partial charge < -0.3 is 24.4 Å². The van der Waals surface area contributed by atoms with Crippen LogP contribution < -0.4 is 15.0 Å². The first kappa shape index (κ1) is 30.6. The van der Waals surface area contributed by atoms with Crippen LogP contribution in [0.3, 0.4) is 0 Å². The first-order chi connectivity index (χ1) is 21.0. The Morgan fingerprint density at radius 1 is 0.886 bits per heavy atom. The van der Waals surface area contributed by atoms with E-state index in [-0.39, 0.29) is 24.2 Å². The lowest BCUT2D eigenvalue weighted by Crippen LogP contribution is -2.49. The van der Waals surface area contributed by atoms with Gasteiger partial charge in [0.1, 0.15) is 18.2 Å². The van der Waals surface area contributed by atoms with Gasteiger partial charge >= 0.3 is 0 Å². The molecule has 3 aromatic carbocycles. The lowest BCUT2D eigenvalue weighted by Gasteiger charge is -2.35. The molecule has 1 aliphatic rings. The monoisotopic (exact) mass is 609 g/mol. The van der Waals surface area contributed by atoms with Crippen molar-refractivity contribution in [3.63, 3.8) is 0 Å². The number of pyridine rings is 1. The molecule has 44 heavy (non-hydrogen) atoms. The molecule has 8 nitrogen and oxygen atoms in total. The SMILES string of the molecule is Cc1ccc2c(c1)c(C(=O)N1CCN(c3ccc(C(=O)NCCOc4ccccc4)cn3)CC1)c(-c1ccccc1)n2C.Cl. The summed E-state index contributed by atoms with van der Waals surface area (Å²) in [4.78, 5) is 35.3. The molecule has 0 spiro atoms. The number of hydrogen-bond donors (Lipinski definition) is 1. The average Bonchev–Trinajstić information content (AvgIpc) is 3.34. The zero-order chi connectivity index (χ0) is 29.8. The summed E-state index contributed by atoms with van der Waals surface area (Å²) in [5.41, 5.74) is 5.39. The summed E-state index contributed by atoms with van der Waals surface area (Å²) in [6.07, 6.45) is 1.60. The van der Waals surface area contributed by atoms with E-state index in [9.17, 15) is 9.59 Å². The quantitative estimate of drug-likeness (QED) is 0.227. The summed E-state index contributed by atoms with van der Waals surface area (Å²) in [7, 11) is 2.03. The molecule has 0 unspecified atom stereocenters. The molecule has 1 fully saturated rings. The summed E-state index contributed by atoms with van der Waals surface area (Å²) in [6.45, 7) is 5.32. The molecule has 0 saturated carbocycles. The molecule has 2 aromatic heterocycles. The van der Waals surface area contributed by atoms with Crippen molar-refractivity contribution < 1.29 is 14.3 Å². The van der Waals surface area contributed by atoms with Crippen molar-refractivity contribution in [2.24, 2.45) is 7.05 Å². The number of para-hydroxylation sites is 1. The molecule has 1 saturated heterocycles. The fourth-order valence-electron chi connectivity index (χ4n) is 5.67. The van der Waals surface area contributed by atoms with Gasteiger partial charge in [-0.25, -0.2) is 4.98 Å². The van der Waals surface area contributed by atoms with Gasteiger partial charge in [-0.05, 0) is 48.9 Å². The van der Waals surface area contributed by atoms with Gasteiger partial charge in [0.2, 0.25) is 0 Å². The van der Waals surface area contributed by atoms with Crippen molar-refractivity contribution in [3.8, 4) is 17.0 Å². The fourth-order valence-corrected chi connectivity index (χ4v) is 5.67. The molecule has 0 bridgehead atoms. The van der Waals surface area contributed by atoms with E-state index in [2.05, 4.69) is 57.0 Å². The molecule has 226 valence electrons. The third kappa shape index (κ3) is 6.40. The molecule has 6 rings (SSSR count). The fraction of sp³-hybridized carbons (Fsp3) is 0.229. The second kappa shape index (κ2) is 13.7. The highest BCUT2D eigenvalue weighted by molar-refractivity contribution is 6.13. The maximum Gasteiger partial charge on any atom is 0.256 e. The molecule has 3 heterocycles. The van der Waals surface area contributed by atoms with E-state index in [0.717, 1.165) is 44.9 Å². The van der Waals surface area contributed by atoms with Crippen molar-refractivity contribution in [3.05, 3.63) is 114 Å². The van der Waals surface area contributed by atoms with E-state index in [1.54, 1.807) is 12.3 Å². The van der Waals surface area contributed by atoms with Crippen molar-refractivity contribution in [2.75, 3.05) is 44.2 Å². The van der Waals surface area contributed by atoms with Gasteiger partial charge in [0.15, 0.2) is 0 Å². The number of anilines is 1. The van der Waals surface area contributed by atoms with Crippen LogP contribution in [0.4, 0.5) is 5.82 Å². The van der Waals surface area contributed by atoms with Gasteiger partial charge in [0.25, 0.3) is 11.8 Å². The Bertz CT molecular complexity index is 1730. The average molecular weight is 610 g/mol. The Kier molecular flexibility index (Phi) is 9.50. The third-order valence-corrected chi connectivity index (χ3v) is 7.92. The number of rotatable bonds is 8. The van der Waals surface area contributed by atoms with Crippen molar-refractivity contribution in [2.45, 2.75) is 6.92 Å². The lowest BCUT2D eigenvalue weighted by molar-refractivity contribution is 0.0748. The van der Waals surface area contributed by atoms with E-state index < -0.39 is 0 Å². The van der Waals surface area contributed by atoms with Crippen molar-refractivity contribution in [1.29, 1.82) is 0 Å². The van der Waals surface area contributed by atoms with Crippen LogP contribution in [0, 0.1) is 6.92 Å². The van der Waals surface area contributed by atoms with Gasteiger partial charge in [0, 0.05) is 50.3 Å². The van der Waals surface area contributed by atoms with E-state index in [0.29, 0.717) is 44.9 Å². The maximum absolute atomic E-state index is 14.1. The number of hydrogen-bond acceptors (Lipinski definition) is 5. The number of halogens is 1. The highest BCUT2D eigenvalue weighted by atomic mass is 35.5. The summed E-state index contributed by atoms with van der Waals surface area (Å²) >= 11 is 0. The standard InChI is InChI=1S/C35H35N5O3.ClH/c1-25-13-15-30-29(23-25)32(33(38(30)2)26-9-5-3-6-10-26)35(42)40-20-18-39(19-21-40)31-16-14-27(24-37-31)34(41)36-17-22-43-28-11-7-4-8-12-28;/h3-16,23-24H,17-22H2,1-2H3,(H,36,41);1H. The highest BCUT2D eigenvalue weighted by Gasteiger charge is 2.29. The minimum Gasteiger partial charge on any atom is -0.492 e. The van der Waals surface area contributed by atoms with E-state index in [4.69, 9.17) is 4.74 Å². The molecule has 1 aliphatic heterocycles. The van der Waals surface area contributed by atoms with Gasteiger partial charge in [-0.2, -0.15) is 0 Å². The van der Waals surface area contributed by atoms with Crippen molar-refractivity contribution >= 4 is 40.9 Å². The number of piperazine rings is 1. The van der Waals surface area contributed by atoms with Crippen LogP contribution in [0.1, 0.15) is 26.3 Å². The molecule has 2 amide bonds. The number of ether oxygens (including phenoxy) is 1. The number of nitrogens with one attached hydrogen (secondary N) is 1. The van der Waals surface area contributed by atoms with Crippen LogP contribution in [-0.2, 0) is 7.05 Å². The Labute approximate surface area is 263 Å². The number of benzene rings is 3. The Morgan fingerprint density at radius 3 is 2.27 bits per heavy atom. The molecular weight excluding hydrogens is 574 g/mol. The van der Waals surface area contributed by atoms with Gasteiger partial charge in [0.05, 0.1) is 23.4 Å². The number of amides is 2. The molecule has 0 aliphatic carbocycles. The molecule has 5 aromatic rings. The molecule has 9 heteroatoms. The molecular formula is C35H36ClN5O3. The largest absolute Gasteiger partial charge is 0.492 e. The summed E-state index contributed by atoms with van der Waals surface area (Å²) in [5, 5.41) is 3.86. The van der Waals surface area contributed by atoms with E-state index >= 15 is 0 Å². The number of aromatic nitrogens is 2. The predicted octanol–water partition coefficient (Wildman–Crippen LogP) is 5.74. The second-order valence-corrected chi connectivity index (χ2v) is 10.8. The van der Waals surface area contributed by atoms with Crippen molar-refractivity contribution in [1.82, 2.24) is 19.8 Å². The van der Waals surface area contributed by atoms with Crippen LogP contribution in [0.15, 0.2) is 97.2 Å². The zero-order valence-electron chi connectivity index (χ0n) is 24.9. The smallest absolute Gasteiger partial charge is 0.256 e. The first-order valence-corrected chi connectivity index (χ1v) is 14.6. The Morgan fingerprint density at radius 2 is 1.59 bits per heavy atom. The molecule has 1 N–H and O–H groups in total. The summed E-state index contributed by atoms with van der Waals surface area (Å²) in [6, 6.07) is 29.6. The normalized spacial score (nSPS) is 13.0. The van der Waals surface area contributed by atoms with E-state index in [1.807, 2.05) is 66.5 Å². The number of carbonyl (C=O) groups is 2. The Hall–Kier alpha value is -4.82. The topological polar surface area (TPSA) is 79.7 Å². The lowest BCUT2D eigenvalue weighted by atomic mass is 10.0. The Balaban J connectivity index is 0.00000384. The molecule has 0 atom stereocenters. The number of aryl methyl sites for hydroxylation is 2. The second-order valence-electron chi connectivity index (χ2n) is 10.8. The van der Waals surface area contributed by atoms with Crippen LogP contribution in [-0.4, -0.2) is 65.6 Å². The van der Waals surface area contributed by atoms with Crippen LogP contribution in [0.5, 0.6) is 5.75 Å².